The lowest BCUT2D eigenvalue weighted by molar-refractivity contribution is 0.314. The fourth-order valence-corrected chi connectivity index (χ4v) is 3.17. The second-order valence-electron chi connectivity index (χ2n) is 6.03. The number of aromatic nitrogens is 2. The maximum Gasteiger partial charge on any atom is 0.137 e. The highest BCUT2D eigenvalue weighted by atomic mass is 35.5. The minimum atomic E-state index is -0.0918. The van der Waals surface area contributed by atoms with E-state index in [1.54, 1.807) is 6.07 Å². The van der Waals surface area contributed by atoms with Gasteiger partial charge in [0.15, 0.2) is 0 Å². The molecule has 0 bridgehead atoms. The van der Waals surface area contributed by atoms with Gasteiger partial charge in [-0.3, -0.25) is 4.90 Å². The first-order valence-corrected chi connectivity index (χ1v) is 8.57. The van der Waals surface area contributed by atoms with Gasteiger partial charge < -0.3 is 5.32 Å². The van der Waals surface area contributed by atoms with Crippen LogP contribution < -0.4 is 5.32 Å². The summed E-state index contributed by atoms with van der Waals surface area (Å²) in [5.74, 6) is 4.09. The van der Waals surface area contributed by atoms with Gasteiger partial charge in [-0.1, -0.05) is 32.4 Å². The van der Waals surface area contributed by atoms with E-state index in [0.29, 0.717) is 5.15 Å². The van der Waals surface area contributed by atoms with E-state index in [2.05, 4.69) is 41.0 Å². The summed E-state index contributed by atoms with van der Waals surface area (Å²) in [4.78, 5) is 11.3. The molecule has 1 aromatic heterocycles. The fourth-order valence-electron chi connectivity index (χ4n) is 2.01. The van der Waals surface area contributed by atoms with Crippen LogP contribution in [0.4, 0.5) is 5.82 Å². The first-order valence-electron chi connectivity index (χ1n) is 7.04. The summed E-state index contributed by atoms with van der Waals surface area (Å²) in [6.07, 6.45) is 0. The van der Waals surface area contributed by atoms with Gasteiger partial charge in [0.1, 0.15) is 16.8 Å². The predicted octanol–water partition coefficient (Wildman–Crippen LogP) is 2.89. The number of halogens is 1. The molecule has 112 valence electrons. The second kappa shape index (κ2) is 6.96. The largest absolute Gasteiger partial charge is 0.369 e. The van der Waals surface area contributed by atoms with E-state index in [0.717, 1.165) is 24.7 Å². The molecule has 2 rings (SSSR count). The summed E-state index contributed by atoms with van der Waals surface area (Å²) in [7, 11) is 0. The molecule has 0 saturated carbocycles. The summed E-state index contributed by atoms with van der Waals surface area (Å²) in [5, 5.41) is 3.86. The number of nitrogens with zero attached hydrogens (tertiary/aromatic N) is 3. The molecule has 1 fully saturated rings. The Kier molecular flexibility index (Phi) is 5.52. The number of thioether (sulfide) groups is 1. The molecule has 1 aliphatic rings. The summed E-state index contributed by atoms with van der Waals surface area (Å²) < 4.78 is 0. The summed E-state index contributed by atoms with van der Waals surface area (Å²) in [6.45, 7) is 10.6. The van der Waals surface area contributed by atoms with Crippen molar-refractivity contribution in [3.05, 3.63) is 17.0 Å². The van der Waals surface area contributed by atoms with Gasteiger partial charge >= 0.3 is 0 Å². The minimum absolute atomic E-state index is 0.0918. The van der Waals surface area contributed by atoms with Crippen LogP contribution in [0.25, 0.3) is 0 Å². The van der Waals surface area contributed by atoms with Crippen LogP contribution in [0, 0.1) is 0 Å². The molecule has 0 aromatic carbocycles. The molecule has 1 N–H and O–H groups in total. The Morgan fingerprint density at radius 3 is 2.65 bits per heavy atom. The Balaban J connectivity index is 1.90. The third kappa shape index (κ3) is 4.79. The van der Waals surface area contributed by atoms with Crippen LogP contribution in [0.1, 0.15) is 26.6 Å². The molecule has 0 amide bonds. The van der Waals surface area contributed by atoms with Crippen LogP contribution in [0.3, 0.4) is 0 Å². The number of rotatable bonds is 4. The summed E-state index contributed by atoms with van der Waals surface area (Å²) >= 11 is 8.11. The Morgan fingerprint density at radius 2 is 2.00 bits per heavy atom. The van der Waals surface area contributed by atoms with Gasteiger partial charge in [-0.05, 0) is 0 Å². The van der Waals surface area contributed by atoms with Gasteiger partial charge in [0, 0.05) is 49.2 Å². The lowest BCUT2D eigenvalue weighted by Crippen LogP contribution is -2.36. The van der Waals surface area contributed by atoms with Gasteiger partial charge in [0.2, 0.25) is 0 Å². The molecule has 1 aliphatic heterocycles. The van der Waals surface area contributed by atoms with Crippen LogP contribution >= 0.6 is 23.4 Å². The van der Waals surface area contributed by atoms with Crippen molar-refractivity contribution in [3.63, 3.8) is 0 Å². The van der Waals surface area contributed by atoms with E-state index in [9.17, 15) is 0 Å². The molecule has 4 nitrogen and oxygen atoms in total. The lowest BCUT2D eigenvalue weighted by Gasteiger charge is -2.26. The SMILES string of the molecule is CC(C)(C)c1nc(Cl)cc(NCCN2CCSCC2)n1. The Hall–Kier alpha value is -0.520. The molecular weight excluding hydrogens is 292 g/mol. The van der Waals surface area contributed by atoms with E-state index >= 15 is 0 Å². The van der Waals surface area contributed by atoms with Crippen LogP contribution in [-0.4, -0.2) is 52.6 Å². The molecule has 1 aromatic rings. The Labute approximate surface area is 130 Å². The molecular formula is C14H23ClN4S. The zero-order chi connectivity index (χ0) is 14.6. The quantitative estimate of drug-likeness (QED) is 0.865. The van der Waals surface area contributed by atoms with E-state index in [-0.39, 0.29) is 5.41 Å². The average molecular weight is 315 g/mol. The van der Waals surface area contributed by atoms with Crippen molar-refractivity contribution in [2.45, 2.75) is 26.2 Å². The number of hydrogen-bond acceptors (Lipinski definition) is 5. The van der Waals surface area contributed by atoms with Crippen molar-refractivity contribution in [2.75, 3.05) is 43.0 Å². The van der Waals surface area contributed by atoms with E-state index < -0.39 is 0 Å². The third-order valence-corrected chi connectivity index (χ3v) is 4.34. The fraction of sp³-hybridized carbons (Fsp3) is 0.714. The number of nitrogens with one attached hydrogen (secondary N) is 1. The smallest absolute Gasteiger partial charge is 0.137 e. The molecule has 0 atom stereocenters. The highest BCUT2D eigenvalue weighted by Gasteiger charge is 2.18. The van der Waals surface area contributed by atoms with Gasteiger partial charge in [-0.2, -0.15) is 11.8 Å². The molecule has 0 spiro atoms. The molecule has 0 unspecified atom stereocenters. The molecule has 20 heavy (non-hydrogen) atoms. The predicted molar refractivity (Wildman–Crippen MR) is 88.0 cm³/mol. The summed E-state index contributed by atoms with van der Waals surface area (Å²) in [5.41, 5.74) is -0.0918. The minimum Gasteiger partial charge on any atom is -0.369 e. The number of hydrogen-bond donors (Lipinski definition) is 1. The van der Waals surface area contributed by atoms with Crippen molar-refractivity contribution in [2.24, 2.45) is 0 Å². The van der Waals surface area contributed by atoms with Crippen molar-refractivity contribution < 1.29 is 0 Å². The Morgan fingerprint density at radius 1 is 1.30 bits per heavy atom. The van der Waals surface area contributed by atoms with Crippen molar-refractivity contribution in [3.8, 4) is 0 Å². The maximum absolute atomic E-state index is 6.08. The maximum atomic E-state index is 6.08. The van der Waals surface area contributed by atoms with E-state index in [1.165, 1.54) is 24.6 Å². The van der Waals surface area contributed by atoms with Crippen LogP contribution in [0.15, 0.2) is 6.07 Å². The highest BCUT2D eigenvalue weighted by molar-refractivity contribution is 7.99. The lowest BCUT2D eigenvalue weighted by atomic mass is 9.96. The molecule has 6 heteroatoms. The molecule has 1 saturated heterocycles. The monoisotopic (exact) mass is 314 g/mol. The normalized spacial score (nSPS) is 17.2. The van der Waals surface area contributed by atoms with Crippen molar-refractivity contribution in [1.82, 2.24) is 14.9 Å². The van der Waals surface area contributed by atoms with Gasteiger partial charge in [0.25, 0.3) is 0 Å². The van der Waals surface area contributed by atoms with Gasteiger partial charge in [-0.15, -0.1) is 0 Å². The number of anilines is 1. The van der Waals surface area contributed by atoms with Crippen LogP contribution in [0.2, 0.25) is 5.15 Å². The molecule has 0 radical (unpaired) electrons. The van der Waals surface area contributed by atoms with Crippen LogP contribution in [0.5, 0.6) is 0 Å². The molecule has 2 heterocycles. The highest BCUT2D eigenvalue weighted by Crippen LogP contribution is 2.22. The summed E-state index contributed by atoms with van der Waals surface area (Å²) in [6, 6.07) is 1.79. The van der Waals surface area contributed by atoms with Crippen LogP contribution in [-0.2, 0) is 5.41 Å². The van der Waals surface area contributed by atoms with Crippen molar-refractivity contribution >= 4 is 29.2 Å². The zero-order valence-corrected chi connectivity index (χ0v) is 14.0. The van der Waals surface area contributed by atoms with Gasteiger partial charge in [-0.25, -0.2) is 9.97 Å². The van der Waals surface area contributed by atoms with Gasteiger partial charge in [0.05, 0.1) is 0 Å². The standard InChI is InChI=1S/C14H23ClN4S/c1-14(2,3)13-17-11(15)10-12(18-13)16-4-5-19-6-8-20-9-7-19/h10H,4-9H2,1-3H3,(H,16,17,18). The first-order chi connectivity index (χ1) is 9.45. The topological polar surface area (TPSA) is 41.1 Å². The third-order valence-electron chi connectivity index (χ3n) is 3.20. The Bertz CT molecular complexity index is 441. The zero-order valence-electron chi connectivity index (χ0n) is 12.4. The average Bonchev–Trinajstić information content (AvgIpc) is 2.38. The second-order valence-corrected chi connectivity index (χ2v) is 7.64. The first kappa shape index (κ1) is 15.9. The van der Waals surface area contributed by atoms with E-state index in [1.807, 2.05) is 11.8 Å². The van der Waals surface area contributed by atoms with Crippen molar-refractivity contribution in [1.29, 1.82) is 0 Å². The molecule has 0 aliphatic carbocycles. The van der Waals surface area contributed by atoms with E-state index in [4.69, 9.17) is 11.6 Å².